The molecule has 0 heterocycles. The normalized spacial score (nSPS) is 13.2. The van der Waals surface area contributed by atoms with E-state index in [4.69, 9.17) is 11.6 Å². The van der Waals surface area contributed by atoms with Crippen molar-refractivity contribution in [1.82, 2.24) is 0 Å². The molecule has 1 atom stereocenters. The summed E-state index contributed by atoms with van der Waals surface area (Å²) in [5.41, 5.74) is 0. The minimum atomic E-state index is -0.0301. The summed E-state index contributed by atoms with van der Waals surface area (Å²) in [4.78, 5) is 10.7. The Kier molecular flexibility index (Phi) is 5.50. The lowest BCUT2D eigenvalue weighted by molar-refractivity contribution is -0.118. The molecule has 0 aliphatic carbocycles. The van der Waals surface area contributed by atoms with Crippen molar-refractivity contribution in [2.45, 2.75) is 25.1 Å². The van der Waals surface area contributed by atoms with E-state index in [1.165, 1.54) is 0 Å². The summed E-state index contributed by atoms with van der Waals surface area (Å²) >= 11 is 8.86. The molecule has 0 N–H and O–H groups in total. The van der Waals surface area contributed by atoms with Crippen LogP contribution in [0.1, 0.15) is 19.8 Å². The smallest absolute Gasteiger partial charge is 0.134 e. The molecule has 0 radical (unpaired) electrons. The average Bonchev–Trinajstić information content (AvgIpc) is 1.87. The zero-order valence-corrected chi connectivity index (χ0v) is 7.70. The van der Waals surface area contributed by atoms with Gasteiger partial charge >= 0.3 is 0 Å². The topological polar surface area (TPSA) is 17.1 Å². The number of carbonyl (C=O) groups excluding carboxylic acids is 1. The number of hydrogen-bond donors (Lipinski definition) is 0. The van der Waals surface area contributed by atoms with Crippen LogP contribution in [0.15, 0.2) is 0 Å². The van der Waals surface area contributed by atoms with Gasteiger partial charge in [-0.3, -0.25) is 4.79 Å². The highest BCUT2D eigenvalue weighted by molar-refractivity contribution is 9.09. The molecule has 1 unspecified atom stereocenters. The second kappa shape index (κ2) is 5.24. The molecule has 0 spiro atoms. The van der Waals surface area contributed by atoms with Crippen molar-refractivity contribution in [2.75, 3.05) is 5.33 Å². The van der Waals surface area contributed by atoms with Crippen molar-refractivity contribution in [3.05, 3.63) is 0 Å². The zero-order chi connectivity index (χ0) is 7.28. The average molecular weight is 214 g/mol. The van der Waals surface area contributed by atoms with Crippen LogP contribution in [0.2, 0.25) is 0 Å². The van der Waals surface area contributed by atoms with Crippen molar-refractivity contribution in [2.24, 2.45) is 0 Å². The number of rotatable bonds is 4. The van der Waals surface area contributed by atoms with Crippen LogP contribution in [0.25, 0.3) is 0 Å². The molecule has 9 heavy (non-hydrogen) atoms. The molecule has 0 aliphatic heterocycles. The van der Waals surface area contributed by atoms with Crippen LogP contribution >= 0.6 is 27.5 Å². The molecule has 0 amide bonds. The summed E-state index contributed by atoms with van der Waals surface area (Å²) in [5, 5.41) is 0.665. The van der Waals surface area contributed by atoms with Gasteiger partial charge in [-0.25, -0.2) is 0 Å². The third-order valence-corrected chi connectivity index (χ3v) is 2.47. The van der Waals surface area contributed by atoms with Gasteiger partial charge in [0.2, 0.25) is 0 Å². The van der Waals surface area contributed by atoms with Gasteiger partial charge in [0.25, 0.3) is 0 Å². The third-order valence-electron chi connectivity index (χ3n) is 1.01. The van der Waals surface area contributed by atoms with E-state index in [-0.39, 0.29) is 11.2 Å². The Morgan fingerprint density at radius 2 is 2.33 bits per heavy atom. The van der Waals surface area contributed by atoms with E-state index in [2.05, 4.69) is 15.9 Å². The van der Waals surface area contributed by atoms with Crippen LogP contribution < -0.4 is 0 Å². The Hall–Kier alpha value is 0.440. The van der Waals surface area contributed by atoms with Gasteiger partial charge in [0.15, 0.2) is 0 Å². The molecule has 0 saturated carbocycles. The van der Waals surface area contributed by atoms with Gasteiger partial charge in [0.1, 0.15) is 5.78 Å². The molecule has 0 saturated heterocycles. The lowest BCUT2D eigenvalue weighted by atomic mass is 10.2. The second-order valence-electron chi connectivity index (χ2n) is 1.85. The number of hydrogen-bond acceptors (Lipinski definition) is 1. The molecule has 3 heteroatoms. The van der Waals surface area contributed by atoms with Gasteiger partial charge in [-0.15, -0.1) is 11.6 Å². The SMILES string of the molecule is CCC(=O)CC(Cl)CBr. The molecule has 1 nitrogen and oxygen atoms in total. The van der Waals surface area contributed by atoms with Crippen LogP contribution in [0.5, 0.6) is 0 Å². The van der Waals surface area contributed by atoms with Crippen molar-refractivity contribution >= 4 is 33.3 Å². The lowest BCUT2D eigenvalue weighted by Gasteiger charge is -2.00. The highest BCUT2D eigenvalue weighted by Gasteiger charge is 2.06. The van der Waals surface area contributed by atoms with Gasteiger partial charge in [0, 0.05) is 18.2 Å². The number of halogens is 2. The maximum atomic E-state index is 10.7. The van der Waals surface area contributed by atoms with E-state index >= 15 is 0 Å². The molecular weight excluding hydrogens is 203 g/mol. The fourth-order valence-electron chi connectivity index (χ4n) is 0.446. The Bertz CT molecular complexity index is 95.1. The minimum Gasteiger partial charge on any atom is -0.300 e. The zero-order valence-electron chi connectivity index (χ0n) is 5.36. The van der Waals surface area contributed by atoms with Gasteiger partial charge in [0.05, 0.1) is 5.38 Å². The molecule has 0 rings (SSSR count). The van der Waals surface area contributed by atoms with Crippen LogP contribution in [-0.2, 0) is 4.79 Å². The number of ketones is 1. The minimum absolute atomic E-state index is 0.0301. The van der Waals surface area contributed by atoms with Gasteiger partial charge in [-0.05, 0) is 0 Å². The lowest BCUT2D eigenvalue weighted by Crippen LogP contribution is -2.07. The van der Waals surface area contributed by atoms with Crippen molar-refractivity contribution in [3.63, 3.8) is 0 Å². The van der Waals surface area contributed by atoms with Crippen LogP contribution in [0.4, 0.5) is 0 Å². The first-order chi connectivity index (χ1) is 4.20. The first-order valence-electron chi connectivity index (χ1n) is 2.92. The molecule has 0 fully saturated rings. The highest BCUT2D eigenvalue weighted by Crippen LogP contribution is 2.06. The molecule has 0 bridgehead atoms. The number of Topliss-reactive ketones (excluding diaryl/α,β-unsaturated/α-hetero) is 1. The van der Waals surface area contributed by atoms with Gasteiger partial charge in [-0.1, -0.05) is 22.9 Å². The van der Waals surface area contributed by atoms with Crippen LogP contribution in [0.3, 0.4) is 0 Å². The predicted molar refractivity (Wildman–Crippen MR) is 43.4 cm³/mol. The third kappa shape index (κ3) is 4.91. The fraction of sp³-hybridized carbons (Fsp3) is 0.833. The first kappa shape index (κ1) is 9.44. The quantitative estimate of drug-likeness (QED) is 0.655. The Morgan fingerprint density at radius 3 is 2.67 bits per heavy atom. The van der Waals surface area contributed by atoms with Crippen LogP contribution in [-0.4, -0.2) is 16.5 Å². The summed E-state index contributed by atoms with van der Waals surface area (Å²) in [7, 11) is 0. The number of carbonyl (C=O) groups is 1. The highest BCUT2D eigenvalue weighted by atomic mass is 79.9. The fourth-order valence-corrected chi connectivity index (χ4v) is 0.847. The summed E-state index contributed by atoms with van der Waals surface area (Å²) in [5.74, 6) is 0.231. The summed E-state index contributed by atoms with van der Waals surface area (Å²) in [6.45, 7) is 1.85. The largest absolute Gasteiger partial charge is 0.300 e. The van der Waals surface area contributed by atoms with Crippen LogP contribution in [0, 0.1) is 0 Å². The van der Waals surface area contributed by atoms with Crippen molar-refractivity contribution in [1.29, 1.82) is 0 Å². The van der Waals surface area contributed by atoms with Gasteiger partial charge in [-0.2, -0.15) is 0 Å². The van der Waals surface area contributed by atoms with E-state index < -0.39 is 0 Å². The first-order valence-corrected chi connectivity index (χ1v) is 4.48. The summed E-state index contributed by atoms with van der Waals surface area (Å²) in [6, 6.07) is 0. The maximum Gasteiger partial charge on any atom is 0.134 e. The molecule has 0 aliphatic rings. The maximum absolute atomic E-state index is 10.7. The summed E-state index contributed by atoms with van der Waals surface area (Å²) in [6.07, 6.45) is 1.08. The second-order valence-corrected chi connectivity index (χ2v) is 3.11. The van der Waals surface area contributed by atoms with Crippen molar-refractivity contribution < 1.29 is 4.79 Å². The Morgan fingerprint density at radius 1 is 1.78 bits per heavy atom. The molecule has 0 aromatic carbocycles. The van der Waals surface area contributed by atoms with E-state index in [1.807, 2.05) is 6.92 Å². The van der Waals surface area contributed by atoms with E-state index in [0.717, 1.165) is 0 Å². The van der Waals surface area contributed by atoms with Gasteiger partial charge < -0.3 is 0 Å². The molecule has 0 aromatic heterocycles. The van der Waals surface area contributed by atoms with Crippen molar-refractivity contribution in [3.8, 4) is 0 Å². The van der Waals surface area contributed by atoms with E-state index in [9.17, 15) is 4.79 Å². The van der Waals surface area contributed by atoms with E-state index in [0.29, 0.717) is 18.2 Å². The Labute approximate surface area is 68.9 Å². The Balaban J connectivity index is 3.34. The van der Waals surface area contributed by atoms with E-state index in [1.54, 1.807) is 0 Å². The molecular formula is C6H10BrClO. The number of alkyl halides is 2. The summed E-state index contributed by atoms with van der Waals surface area (Å²) < 4.78 is 0. The predicted octanol–water partition coefficient (Wildman–Crippen LogP) is 2.36. The molecule has 54 valence electrons. The monoisotopic (exact) mass is 212 g/mol. The standard InChI is InChI=1S/C6H10BrClO/c1-2-6(9)3-5(8)4-7/h5H,2-4H2,1H3. The molecule has 0 aromatic rings.